The van der Waals surface area contributed by atoms with Crippen molar-refractivity contribution in [3.63, 3.8) is 0 Å². The molecule has 2 nitrogen and oxygen atoms in total. The van der Waals surface area contributed by atoms with E-state index in [1.54, 1.807) is 0 Å². The molecule has 0 N–H and O–H groups in total. The maximum atomic E-state index is 2.92. The van der Waals surface area contributed by atoms with E-state index >= 15 is 0 Å². The molecule has 2 heterocycles. The zero-order chi connectivity index (χ0) is 20.5. The Hall–Kier alpha value is 0.0439. The van der Waals surface area contributed by atoms with Crippen molar-refractivity contribution in [1.82, 2.24) is 9.13 Å². The molecule has 2 fully saturated rings. The van der Waals surface area contributed by atoms with Gasteiger partial charge in [0.25, 0.3) is 0 Å². The Bertz CT molecular complexity index is 685. The first kappa shape index (κ1) is 27.3. The standard InChI is InChI=1S/2C12H20NSi.2FH.Hf/c2*1-14(2,12-8-4-5-9-12)13-10-6-3-7-11-13;;;/h2*4,8H,3,5-7,10-11H2,1-2H3;2*1H;. The van der Waals surface area contributed by atoms with Crippen molar-refractivity contribution in [2.45, 2.75) is 77.6 Å². The average Bonchev–Trinajstić information content (AvgIpc) is 3.40. The normalized spacial score (nSPS) is 23.2. The van der Waals surface area contributed by atoms with Gasteiger partial charge in [0.15, 0.2) is 0 Å². The predicted octanol–water partition coefficient (Wildman–Crippen LogP) is 6.26. The molecule has 2 aliphatic heterocycles. The Morgan fingerprint density at radius 1 is 0.613 bits per heavy atom. The zero-order valence-electron chi connectivity index (χ0n) is 20.0. The van der Waals surface area contributed by atoms with Crippen LogP contribution in [0.1, 0.15) is 51.4 Å². The second-order valence-electron chi connectivity index (χ2n) is 10.3. The first-order chi connectivity index (χ1) is 13.9. The molecule has 0 aromatic rings. The summed E-state index contributed by atoms with van der Waals surface area (Å²) in [4.78, 5) is 0. The molecule has 0 spiro atoms. The summed E-state index contributed by atoms with van der Waals surface area (Å²) in [7, 11) is -2.94. The minimum Gasteiger partial charge on any atom is -0.269 e. The van der Waals surface area contributed by atoms with E-state index < -0.39 is 39.4 Å². The molecule has 4 rings (SSSR count). The summed E-state index contributed by atoms with van der Waals surface area (Å²) < 4.78 is 9.73. The summed E-state index contributed by atoms with van der Waals surface area (Å²) in [6, 6.07) is 0. The summed E-state index contributed by atoms with van der Waals surface area (Å²) in [5.74, 6) is 0. The maximum absolute atomic E-state index is 2.92. The van der Waals surface area contributed by atoms with Gasteiger partial charge in [-0.3, -0.25) is 9.41 Å². The summed E-state index contributed by atoms with van der Waals surface area (Å²) in [5, 5.41) is 3.69. The molecule has 0 atom stereocenters. The van der Waals surface area contributed by atoms with Crippen LogP contribution in [0.5, 0.6) is 0 Å². The molecule has 2 aliphatic carbocycles. The second-order valence-corrected chi connectivity index (χ2v) is 24.1. The Morgan fingerprint density at radius 2 is 0.968 bits per heavy atom. The van der Waals surface area contributed by atoms with Gasteiger partial charge in [0.1, 0.15) is 0 Å². The molecular weight excluding hydrogens is 589 g/mol. The minimum absolute atomic E-state index is 0. The van der Waals surface area contributed by atoms with Gasteiger partial charge in [0.2, 0.25) is 0 Å². The van der Waals surface area contributed by atoms with Crippen LogP contribution in [0.25, 0.3) is 0 Å². The zero-order valence-corrected chi connectivity index (χ0v) is 25.6. The summed E-state index contributed by atoms with van der Waals surface area (Å²) in [6.45, 7) is 16.0. The molecule has 31 heavy (non-hydrogen) atoms. The first-order valence-corrected chi connectivity index (χ1v) is 21.5. The van der Waals surface area contributed by atoms with E-state index in [1.807, 2.05) is 17.1 Å². The Morgan fingerprint density at radius 3 is 1.32 bits per heavy atom. The van der Waals surface area contributed by atoms with E-state index in [-0.39, 0.29) is 9.41 Å². The molecule has 2 saturated heterocycles. The number of allylic oxidation sites excluding steroid dienone is 8. The fourth-order valence-corrected chi connectivity index (χ4v) is 24.2. The van der Waals surface area contributed by atoms with Gasteiger partial charge in [-0.15, -0.1) is 0 Å². The molecule has 0 aromatic carbocycles. The van der Waals surface area contributed by atoms with E-state index in [0.717, 1.165) is 0 Å². The van der Waals surface area contributed by atoms with Gasteiger partial charge in [-0.05, 0) is 0 Å². The molecule has 0 saturated carbocycles. The summed E-state index contributed by atoms with van der Waals surface area (Å²) in [6.07, 6.45) is 21.3. The number of hydrogen-bond donors (Lipinski definition) is 0. The van der Waals surface area contributed by atoms with Crippen molar-refractivity contribution in [2.75, 3.05) is 26.2 Å². The van der Waals surface area contributed by atoms with Gasteiger partial charge in [-0.2, -0.15) is 0 Å². The van der Waals surface area contributed by atoms with Crippen LogP contribution in [0.3, 0.4) is 0 Å². The van der Waals surface area contributed by atoms with Gasteiger partial charge in [-0.1, -0.05) is 0 Å². The first-order valence-electron chi connectivity index (χ1n) is 12.0. The average molecular weight is 631 g/mol. The molecule has 0 unspecified atom stereocenters. The smallest absolute Gasteiger partial charge is 0.269 e. The van der Waals surface area contributed by atoms with Crippen LogP contribution < -0.4 is 0 Å². The molecule has 0 bridgehead atoms. The van der Waals surface area contributed by atoms with Crippen LogP contribution in [0, 0.1) is 0 Å². The van der Waals surface area contributed by atoms with Gasteiger partial charge >= 0.3 is 194 Å². The summed E-state index contributed by atoms with van der Waals surface area (Å²) >= 11 is -0.930. The largest absolute Gasteiger partial charge is 0.269 e. The number of nitrogens with zero attached hydrogens (tertiary/aromatic N) is 2. The third-order valence-electron chi connectivity index (χ3n) is 7.78. The number of rotatable bonds is 6. The molecular formula is C24H42F2HfN2Si2. The van der Waals surface area contributed by atoms with Gasteiger partial charge in [-0.25, -0.2) is 0 Å². The van der Waals surface area contributed by atoms with Gasteiger partial charge in [0.05, 0.1) is 0 Å². The van der Waals surface area contributed by atoms with Gasteiger partial charge < -0.3 is 0 Å². The second kappa shape index (κ2) is 11.5. The SMILES string of the molecule is C[Si](C)(C1=[C]([Hf][C]2=C([Si](C)(C)N3CCCCC3)C=CC2)CC=C1)N1CCCCC1.F.F. The van der Waals surface area contributed by atoms with E-state index in [2.05, 4.69) is 59.6 Å². The molecule has 174 valence electrons. The van der Waals surface area contributed by atoms with Crippen molar-refractivity contribution < 1.29 is 32.3 Å². The number of piperidine rings is 2. The molecule has 0 radical (unpaired) electrons. The predicted molar refractivity (Wildman–Crippen MR) is 132 cm³/mol. The van der Waals surface area contributed by atoms with E-state index in [4.69, 9.17) is 0 Å². The monoisotopic (exact) mass is 632 g/mol. The third kappa shape index (κ3) is 5.76. The minimum atomic E-state index is -1.47. The van der Waals surface area contributed by atoms with E-state index in [9.17, 15) is 0 Å². The Balaban J connectivity index is 0.00000171. The van der Waals surface area contributed by atoms with Crippen molar-refractivity contribution in [3.8, 4) is 0 Å². The fourth-order valence-electron chi connectivity index (χ4n) is 5.82. The van der Waals surface area contributed by atoms with Crippen LogP contribution in [-0.4, -0.2) is 51.8 Å². The Kier molecular flexibility index (Phi) is 10.1. The van der Waals surface area contributed by atoms with E-state index in [1.165, 1.54) is 77.5 Å². The van der Waals surface area contributed by atoms with Crippen molar-refractivity contribution in [3.05, 3.63) is 41.4 Å². The number of halogens is 2. The molecule has 0 aromatic heterocycles. The van der Waals surface area contributed by atoms with Crippen molar-refractivity contribution >= 4 is 16.5 Å². The van der Waals surface area contributed by atoms with Crippen LogP contribution in [0.2, 0.25) is 26.2 Å². The molecule has 0 amide bonds. The Labute approximate surface area is 202 Å². The van der Waals surface area contributed by atoms with Crippen molar-refractivity contribution in [1.29, 1.82) is 0 Å². The summed E-state index contributed by atoms with van der Waals surface area (Å²) in [5.41, 5.74) is 0. The fraction of sp³-hybridized carbons (Fsp3) is 0.667. The van der Waals surface area contributed by atoms with Gasteiger partial charge in [0, 0.05) is 0 Å². The molecule has 4 aliphatic rings. The quantitative estimate of drug-likeness (QED) is 0.320. The van der Waals surface area contributed by atoms with Crippen LogP contribution in [0.4, 0.5) is 9.41 Å². The van der Waals surface area contributed by atoms with Crippen molar-refractivity contribution in [2.24, 2.45) is 0 Å². The van der Waals surface area contributed by atoms with Crippen LogP contribution in [0.15, 0.2) is 41.4 Å². The maximum Gasteiger partial charge on any atom is -0.269 e. The third-order valence-corrected chi connectivity index (χ3v) is 22.8. The number of hydrogen-bond acceptors (Lipinski definition) is 2. The topological polar surface area (TPSA) is 6.48 Å². The van der Waals surface area contributed by atoms with Crippen LogP contribution in [-0.2, 0) is 22.9 Å². The van der Waals surface area contributed by atoms with Crippen LogP contribution >= 0.6 is 0 Å². The van der Waals surface area contributed by atoms with E-state index in [0.29, 0.717) is 0 Å². The molecule has 7 heteroatoms.